The van der Waals surface area contributed by atoms with E-state index in [0.717, 1.165) is 5.69 Å². The Balaban J connectivity index is 2.30. The Morgan fingerprint density at radius 2 is 1.79 bits per heavy atom. The summed E-state index contributed by atoms with van der Waals surface area (Å²) >= 11 is 0. The molecule has 1 amide bonds. The molecule has 5 heteroatoms. The molecule has 106 valence electrons. The summed E-state index contributed by atoms with van der Waals surface area (Å²) < 4.78 is 0. The maximum atomic E-state index is 11.7. The van der Waals surface area contributed by atoms with Gasteiger partial charge in [-0.15, -0.1) is 0 Å². The molecule has 0 fully saturated rings. The van der Waals surface area contributed by atoms with Gasteiger partial charge >= 0.3 is 0 Å². The lowest BCUT2D eigenvalue weighted by molar-refractivity contribution is -0.116. The first-order valence-corrected chi connectivity index (χ1v) is 6.55. The van der Waals surface area contributed by atoms with E-state index < -0.39 is 0 Å². The molecule has 0 aliphatic heterocycles. The van der Waals surface area contributed by atoms with Crippen molar-refractivity contribution in [2.45, 2.75) is 12.8 Å². The van der Waals surface area contributed by atoms with Gasteiger partial charge in [0.15, 0.2) is 0 Å². The van der Waals surface area contributed by atoms with E-state index >= 15 is 0 Å². The highest BCUT2D eigenvalue weighted by Crippen LogP contribution is 2.05. The third-order valence-corrected chi connectivity index (χ3v) is 2.76. The van der Waals surface area contributed by atoms with Crippen LogP contribution in [0.3, 0.4) is 0 Å². The summed E-state index contributed by atoms with van der Waals surface area (Å²) in [5, 5.41) is 20.5. The lowest BCUT2D eigenvalue weighted by atomic mass is 10.3. The molecule has 0 bridgehead atoms. The second-order valence-corrected chi connectivity index (χ2v) is 4.31. The van der Waals surface area contributed by atoms with Crippen LogP contribution in [0, 0.1) is 0 Å². The third kappa shape index (κ3) is 6.91. The first-order chi connectivity index (χ1) is 9.26. The standard InChI is InChI=1S/C14H22N2O3/c17-11-4-8-16(10-12-18)9-7-14(19)15-13-5-2-1-3-6-13/h1-3,5-6,17-18H,4,7-12H2,(H,15,19). The van der Waals surface area contributed by atoms with Gasteiger partial charge in [0.1, 0.15) is 0 Å². The maximum Gasteiger partial charge on any atom is 0.225 e. The zero-order chi connectivity index (χ0) is 13.9. The molecule has 0 spiro atoms. The van der Waals surface area contributed by atoms with Crippen LogP contribution in [0.1, 0.15) is 12.8 Å². The van der Waals surface area contributed by atoms with Crippen molar-refractivity contribution < 1.29 is 15.0 Å². The average Bonchev–Trinajstić information content (AvgIpc) is 2.43. The van der Waals surface area contributed by atoms with Gasteiger partial charge in [-0.25, -0.2) is 0 Å². The number of benzene rings is 1. The van der Waals surface area contributed by atoms with Gasteiger partial charge in [0.25, 0.3) is 0 Å². The zero-order valence-electron chi connectivity index (χ0n) is 11.1. The van der Waals surface area contributed by atoms with Gasteiger partial charge in [0.2, 0.25) is 5.91 Å². The number of carbonyl (C=O) groups excluding carboxylic acids is 1. The lowest BCUT2D eigenvalue weighted by Crippen LogP contribution is -2.31. The van der Waals surface area contributed by atoms with Gasteiger partial charge < -0.3 is 20.4 Å². The summed E-state index contributed by atoms with van der Waals surface area (Å²) in [7, 11) is 0. The molecule has 0 aromatic heterocycles. The number of amides is 1. The van der Waals surface area contributed by atoms with Crippen LogP contribution in [-0.2, 0) is 4.79 Å². The number of nitrogens with one attached hydrogen (secondary N) is 1. The first kappa shape index (κ1) is 15.6. The van der Waals surface area contributed by atoms with Crippen molar-refractivity contribution in [2.75, 3.05) is 38.2 Å². The minimum atomic E-state index is -0.0434. The molecule has 0 saturated heterocycles. The second-order valence-electron chi connectivity index (χ2n) is 4.31. The number of rotatable bonds is 9. The molecule has 1 aromatic carbocycles. The number of hydrogen-bond donors (Lipinski definition) is 3. The van der Waals surface area contributed by atoms with Gasteiger partial charge in [-0.05, 0) is 18.6 Å². The summed E-state index contributed by atoms with van der Waals surface area (Å²) in [6.45, 7) is 1.98. The van der Waals surface area contributed by atoms with Gasteiger partial charge in [-0.3, -0.25) is 4.79 Å². The fourth-order valence-electron chi connectivity index (χ4n) is 1.78. The number of para-hydroxylation sites is 1. The predicted octanol–water partition coefficient (Wildman–Crippen LogP) is 0.692. The lowest BCUT2D eigenvalue weighted by Gasteiger charge is -2.20. The van der Waals surface area contributed by atoms with Gasteiger partial charge in [-0.2, -0.15) is 0 Å². The zero-order valence-corrected chi connectivity index (χ0v) is 11.1. The van der Waals surface area contributed by atoms with Gasteiger partial charge in [0, 0.05) is 38.3 Å². The van der Waals surface area contributed by atoms with E-state index in [-0.39, 0.29) is 19.1 Å². The minimum absolute atomic E-state index is 0.0434. The monoisotopic (exact) mass is 266 g/mol. The fourth-order valence-corrected chi connectivity index (χ4v) is 1.78. The minimum Gasteiger partial charge on any atom is -0.396 e. The largest absolute Gasteiger partial charge is 0.396 e. The van der Waals surface area contributed by atoms with Crippen molar-refractivity contribution in [3.05, 3.63) is 30.3 Å². The van der Waals surface area contributed by atoms with Crippen molar-refractivity contribution >= 4 is 11.6 Å². The molecule has 3 N–H and O–H groups in total. The number of hydrogen-bond acceptors (Lipinski definition) is 4. The summed E-state index contributed by atoms with van der Waals surface area (Å²) in [5.41, 5.74) is 0.788. The van der Waals surface area contributed by atoms with Crippen LogP contribution in [0.15, 0.2) is 30.3 Å². The Bertz CT molecular complexity index is 357. The Morgan fingerprint density at radius 1 is 1.05 bits per heavy atom. The van der Waals surface area contributed by atoms with Crippen LogP contribution >= 0.6 is 0 Å². The quantitative estimate of drug-likeness (QED) is 0.615. The molecule has 0 saturated carbocycles. The van der Waals surface area contributed by atoms with Crippen molar-refractivity contribution in [3.63, 3.8) is 0 Å². The molecule has 0 radical (unpaired) electrons. The van der Waals surface area contributed by atoms with Crippen LogP contribution in [0.4, 0.5) is 5.69 Å². The van der Waals surface area contributed by atoms with E-state index in [9.17, 15) is 4.79 Å². The molecule has 1 rings (SSSR count). The molecule has 0 heterocycles. The molecule has 1 aromatic rings. The van der Waals surface area contributed by atoms with E-state index in [1.165, 1.54) is 0 Å². The Labute approximate surface area is 113 Å². The van der Waals surface area contributed by atoms with Crippen LogP contribution in [0.25, 0.3) is 0 Å². The molecule has 0 unspecified atom stereocenters. The third-order valence-electron chi connectivity index (χ3n) is 2.76. The smallest absolute Gasteiger partial charge is 0.225 e. The highest BCUT2D eigenvalue weighted by molar-refractivity contribution is 5.90. The van der Waals surface area contributed by atoms with Crippen LogP contribution in [0.2, 0.25) is 0 Å². The maximum absolute atomic E-state index is 11.7. The van der Waals surface area contributed by atoms with Crippen molar-refractivity contribution in [1.29, 1.82) is 0 Å². The molecule has 0 aliphatic rings. The van der Waals surface area contributed by atoms with Crippen molar-refractivity contribution in [1.82, 2.24) is 4.90 Å². The molecular formula is C14H22N2O3. The number of nitrogens with zero attached hydrogens (tertiary/aromatic N) is 1. The normalized spacial score (nSPS) is 10.7. The predicted molar refractivity (Wildman–Crippen MR) is 74.9 cm³/mol. The Hall–Kier alpha value is -1.43. The van der Waals surface area contributed by atoms with Gasteiger partial charge in [0.05, 0.1) is 6.61 Å². The van der Waals surface area contributed by atoms with Crippen LogP contribution in [0.5, 0.6) is 0 Å². The van der Waals surface area contributed by atoms with Crippen LogP contribution < -0.4 is 5.32 Å². The van der Waals surface area contributed by atoms with E-state index in [1.54, 1.807) is 0 Å². The number of aliphatic hydroxyl groups is 2. The van der Waals surface area contributed by atoms with E-state index in [0.29, 0.717) is 32.5 Å². The van der Waals surface area contributed by atoms with Gasteiger partial charge in [-0.1, -0.05) is 18.2 Å². The van der Waals surface area contributed by atoms with Crippen molar-refractivity contribution in [2.24, 2.45) is 0 Å². The molecule has 19 heavy (non-hydrogen) atoms. The van der Waals surface area contributed by atoms with Crippen LogP contribution in [-0.4, -0.2) is 53.9 Å². The number of aliphatic hydroxyl groups excluding tert-OH is 2. The number of carbonyl (C=O) groups is 1. The topological polar surface area (TPSA) is 72.8 Å². The molecule has 0 atom stereocenters. The molecular weight excluding hydrogens is 244 g/mol. The van der Waals surface area contributed by atoms with Crippen molar-refractivity contribution in [3.8, 4) is 0 Å². The summed E-state index contributed by atoms with van der Waals surface area (Å²) in [6, 6.07) is 9.32. The van der Waals surface area contributed by atoms with E-state index in [1.807, 2.05) is 35.2 Å². The summed E-state index contributed by atoms with van der Waals surface area (Å²) in [6.07, 6.45) is 1.03. The Morgan fingerprint density at radius 3 is 2.42 bits per heavy atom. The second kappa shape index (κ2) is 9.49. The first-order valence-electron chi connectivity index (χ1n) is 6.55. The average molecular weight is 266 g/mol. The summed E-state index contributed by atoms with van der Waals surface area (Å²) in [5.74, 6) is -0.0434. The fraction of sp³-hybridized carbons (Fsp3) is 0.500. The molecule has 0 aliphatic carbocycles. The summed E-state index contributed by atoms with van der Waals surface area (Å²) in [4.78, 5) is 13.7. The SMILES string of the molecule is O=C(CCN(CCO)CCCO)Nc1ccccc1. The highest BCUT2D eigenvalue weighted by Gasteiger charge is 2.07. The molecule has 5 nitrogen and oxygen atoms in total. The Kier molecular flexibility index (Phi) is 7.81. The van der Waals surface area contributed by atoms with E-state index in [2.05, 4.69) is 5.32 Å². The van der Waals surface area contributed by atoms with E-state index in [4.69, 9.17) is 10.2 Å². The number of anilines is 1. The highest BCUT2D eigenvalue weighted by atomic mass is 16.3.